The van der Waals surface area contributed by atoms with Crippen LogP contribution in [-0.2, 0) is 11.3 Å². The number of aromatic nitrogens is 1. The van der Waals surface area contributed by atoms with Crippen LogP contribution in [0.25, 0.3) is 0 Å². The standard InChI is InChI=1S/C18H27N3O/c1-2-16(8-19-5-1)10-21-13-17-11-20(12-18(17)14-21)9-15-3-6-22-7-4-15/h1-2,5,8,15,17-18H,3-4,6-7,9-14H2. The van der Waals surface area contributed by atoms with Gasteiger partial charge in [0.15, 0.2) is 0 Å². The van der Waals surface area contributed by atoms with Crippen LogP contribution in [0.5, 0.6) is 0 Å². The van der Waals surface area contributed by atoms with Crippen LogP contribution in [-0.4, -0.2) is 60.7 Å². The maximum atomic E-state index is 5.48. The summed E-state index contributed by atoms with van der Waals surface area (Å²) in [6.45, 7) is 9.49. The van der Waals surface area contributed by atoms with Gasteiger partial charge in [0.1, 0.15) is 0 Å². The molecule has 3 saturated heterocycles. The van der Waals surface area contributed by atoms with E-state index in [1.807, 2.05) is 18.5 Å². The lowest BCUT2D eigenvalue weighted by Crippen LogP contribution is -2.34. The Morgan fingerprint density at radius 3 is 2.45 bits per heavy atom. The summed E-state index contributed by atoms with van der Waals surface area (Å²) in [5.41, 5.74) is 1.35. The van der Waals surface area contributed by atoms with Crippen LogP contribution in [0.15, 0.2) is 24.5 Å². The van der Waals surface area contributed by atoms with Crippen molar-refractivity contribution in [2.75, 3.05) is 45.9 Å². The Morgan fingerprint density at radius 2 is 1.77 bits per heavy atom. The molecule has 2 unspecified atom stereocenters. The molecular formula is C18H27N3O. The summed E-state index contributed by atoms with van der Waals surface area (Å²) in [6.07, 6.45) is 6.39. The summed E-state index contributed by atoms with van der Waals surface area (Å²) < 4.78 is 5.48. The highest BCUT2D eigenvalue weighted by molar-refractivity contribution is 5.09. The number of rotatable bonds is 4. The van der Waals surface area contributed by atoms with E-state index in [1.54, 1.807) is 0 Å². The molecule has 3 aliphatic rings. The van der Waals surface area contributed by atoms with E-state index < -0.39 is 0 Å². The van der Waals surface area contributed by atoms with E-state index in [4.69, 9.17) is 4.74 Å². The van der Waals surface area contributed by atoms with Crippen LogP contribution < -0.4 is 0 Å². The van der Waals surface area contributed by atoms with Crippen LogP contribution >= 0.6 is 0 Å². The first-order chi connectivity index (χ1) is 10.9. The zero-order valence-corrected chi connectivity index (χ0v) is 13.4. The van der Waals surface area contributed by atoms with Crippen LogP contribution in [0.4, 0.5) is 0 Å². The molecule has 0 saturated carbocycles. The molecule has 0 N–H and O–H groups in total. The van der Waals surface area contributed by atoms with Gasteiger partial charge in [-0.3, -0.25) is 9.88 Å². The van der Waals surface area contributed by atoms with Gasteiger partial charge in [-0.05, 0) is 42.2 Å². The monoisotopic (exact) mass is 301 g/mol. The fraction of sp³-hybridized carbons (Fsp3) is 0.722. The number of likely N-dealkylation sites (tertiary alicyclic amines) is 2. The van der Waals surface area contributed by atoms with Crippen LogP contribution in [0.1, 0.15) is 18.4 Å². The number of hydrogen-bond donors (Lipinski definition) is 0. The van der Waals surface area contributed by atoms with Gasteiger partial charge in [-0.25, -0.2) is 0 Å². The van der Waals surface area contributed by atoms with Gasteiger partial charge in [-0.15, -0.1) is 0 Å². The van der Waals surface area contributed by atoms with Gasteiger partial charge in [0.2, 0.25) is 0 Å². The first kappa shape index (κ1) is 14.6. The van der Waals surface area contributed by atoms with Crippen molar-refractivity contribution in [2.45, 2.75) is 19.4 Å². The molecule has 4 nitrogen and oxygen atoms in total. The van der Waals surface area contributed by atoms with Crippen molar-refractivity contribution in [1.82, 2.24) is 14.8 Å². The van der Waals surface area contributed by atoms with Crippen molar-refractivity contribution in [3.8, 4) is 0 Å². The van der Waals surface area contributed by atoms with Gasteiger partial charge in [-0.1, -0.05) is 6.07 Å². The molecule has 0 aliphatic carbocycles. The van der Waals surface area contributed by atoms with E-state index in [-0.39, 0.29) is 0 Å². The number of hydrogen-bond acceptors (Lipinski definition) is 4. The molecule has 0 bridgehead atoms. The Kier molecular flexibility index (Phi) is 4.42. The molecule has 1 aromatic rings. The normalized spacial score (nSPS) is 30.7. The third-order valence-corrected chi connectivity index (χ3v) is 5.62. The van der Waals surface area contributed by atoms with Gasteiger partial charge in [0.25, 0.3) is 0 Å². The summed E-state index contributed by atoms with van der Waals surface area (Å²) >= 11 is 0. The van der Waals surface area contributed by atoms with Gasteiger partial charge in [0, 0.05) is 64.9 Å². The molecule has 120 valence electrons. The van der Waals surface area contributed by atoms with E-state index >= 15 is 0 Å². The topological polar surface area (TPSA) is 28.6 Å². The minimum atomic E-state index is 0.874. The highest BCUT2D eigenvalue weighted by atomic mass is 16.5. The van der Waals surface area contributed by atoms with E-state index in [0.29, 0.717) is 0 Å². The number of fused-ring (bicyclic) bond motifs is 1. The lowest BCUT2D eigenvalue weighted by atomic mass is 10.00. The smallest absolute Gasteiger partial charge is 0.0469 e. The van der Waals surface area contributed by atoms with E-state index in [1.165, 1.54) is 51.1 Å². The highest BCUT2D eigenvalue weighted by Gasteiger charge is 2.40. The predicted octanol–water partition coefficient (Wildman–Crippen LogP) is 1.87. The first-order valence-corrected chi connectivity index (χ1v) is 8.78. The summed E-state index contributed by atoms with van der Waals surface area (Å²) in [6, 6.07) is 4.24. The lowest BCUT2D eigenvalue weighted by molar-refractivity contribution is 0.0541. The van der Waals surface area contributed by atoms with E-state index in [0.717, 1.165) is 37.5 Å². The minimum Gasteiger partial charge on any atom is -0.381 e. The SMILES string of the molecule is c1cncc(CN2CC3CN(CC4CCOCC4)CC3C2)c1. The maximum Gasteiger partial charge on any atom is 0.0469 e. The summed E-state index contributed by atoms with van der Waals surface area (Å²) in [5.74, 6) is 2.65. The molecule has 1 aromatic heterocycles. The quantitative estimate of drug-likeness (QED) is 0.849. The summed E-state index contributed by atoms with van der Waals surface area (Å²) in [5, 5.41) is 0. The molecule has 3 aliphatic heterocycles. The fourth-order valence-electron chi connectivity index (χ4n) is 4.51. The van der Waals surface area contributed by atoms with Crippen molar-refractivity contribution in [2.24, 2.45) is 17.8 Å². The van der Waals surface area contributed by atoms with Crippen LogP contribution in [0.2, 0.25) is 0 Å². The number of nitrogens with zero attached hydrogens (tertiary/aromatic N) is 3. The van der Waals surface area contributed by atoms with Crippen LogP contribution in [0.3, 0.4) is 0 Å². The molecule has 0 radical (unpaired) electrons. The zero-order valence-electron chi connectivity index (χ0n) is 13.4. The Balaban J connectivity index is 1.25. The number of ether oxygens (including phenoxy) is 1. The van der Waals surface area contributed by atoms with Gasteiger partial charge in [0.05, 0.1) is 0 Å². The molecule has 4 rings (SSSR count). The third kappa shape index (κ3) is 3.34. The average Bonchev–Trinajstić information content (AvgIpc) is 3.07. The van der Waals surface area contributed by atoms with Gasteiger partial charge < -0.3 is 9.64 Å². The number of pyridine rings is 1. The van der Waals surface area contributed by atoms with Crippen molar-refractivity contribution in [1.29, 1.82) is 0 Å². The molecular weight excluding hydrogens is 274 g/mol. The highest BCUT2D eigenvalue weighted by Crippen LogP contribution is 2.32. The second kappa shape index (κ2) is 6.65. The minimum absolute atomic E-state index is 0.874. The Labute approximate surface area is 133 Å². The van der Waals surface area contributed by atoms with E-state index in [9.17, 15) is 0 Å². The average molecular weight is 301 g/mol. The fourth-order valence-corrected chi connectivity index (χ4v) is 4.51. The second-order valence-corrected chi connectivity index (χ2v) is 7.35. The second-order valence-electron chi connectivity index (χ2n) is 7.35. The first-order valence-electron chi connectivity index (χ1n) is 8.78. The molecule has 0 spiro atoms. The van der Waals surface area contributed by atoms with Crippen LogP contribution in [0, 0.1) is 17.8 Å². The van der Waals surface area contributed by atoms with Gasteiger partial charge >= 0.3 is 0 Å². The zero-order chi connectivity index (χ0) is 14.8. The maximum absolute atomic E-state index is 5.48. The molecule has 4 heteroatoms. The predicted molar refractivity (Wildman–Crippen MR) is 86.5 cm³/mol. The Morgan fingerprint density at radius 1 is 1.05 bits per heavy atom. The molecule has 0 amide bonds. The molecule has 2 atom stereocenters. The molecule has 0 aromatic carbocycles. The van der Waals surface area contributed by atoms with Crippen molar-refractivity contribution >= 4 is 0 Å². The van der Waals surface area contributed by atoms with Gasteiger partial charge in [-0.2, -0.15) is 0 Å². The molecule has 22 heavy (non-hydrogen) atoms. The Bertz CT molecular complexity index is 460. The van der Waals surface area contributed by atoms with Crippen molar-refractivity contribution in [3.05, 3.63) is 30.1 Å². The third-order valence-electron chi connectivity index (χ3n) is 5.62. The van der Waals surface area contributed by atoms with E-state index in [2.05, 4.69) is 20.9 Å². The lowest BCUT2D eigenvalue weighted by Gasteiger charge is -2.28. The largest absolute Gasteiger partial charge is 0.381 e. The Hall–Kier alpha value is -0.970. The molecule has 3 fully saturated rings. The molecule has 4 heterocycles. The summed E-state index contributed by atoms with van der Waals surface area (Å²) in [7, 11) is 0. The summed E-state index contributed by atoms with van der Waals surface area (Å²) in [4.78, 5) is 9.58. The van der Waals surface area contributed by atoms with Crippen molar-refractivity contribution < 1.29 is 4.74 Å². The van der Waals surface area contributed by atoms with Crippen molar-refractivity contribution in [3.63, 3.8) is 0 Å².